The first-order chi connectivity index (χ1) is 14.8. The van der Waals surface area contributed by atoms with Crippen molar-refractivity contribution in [2.45, 2.75) is 0 Å². The van der Waals surface area contributed by atoms with Gasteiger partial charge in [0.25, 0.3) is 5.91 Å². The van der Waals surface area contributed by atoms with E-state index in [0.29, 0.717) is 23.0 Å². The second kappa shape index (κ2) is 7.94. The van der Waals surface area contributed by atoms with Crippen molar-refractivity contribution in [3.8, 4) is 0 Å². The molecule has 1 amide bonds. The fraction of sp³-hybridized carbons (Fsp3) is 0. The predicted octanol–water partition coefficient (Wildman–Crippen LogP) is 4.67. The van der Waals surface area contributed by atoms with Crippen LogP contribution in [0.5, 0.6) is 0 Å². The number of halogens is 4. The third-order valence-corrected chi connectivity index (χ3v) is 4.48. The summed E-state index contributed by atoms with van der Waals surface area (Å²) in [4.78, 5) is 32.9. The van der Waals surface area contributed by atoms with Gasteiger partial charge >= 0.3 is 0 Å². The number of amides is 1. The van der Waals surface area contributed by atoms with Gasteiger partial charge in [-0.2, -0.15) is 0 Å². The van der Waals surface area contributed by atoms with Crippen molar-refractivity contribution in [3.05, 3.63) is 101 Å². The summed E-state index contributed by atoms with van der Waals surface area (Å²) in [5.74, 6) is -6.86. The van der Waals surface area contributed by atoms with E-state index in [0.717, 1.165) is 18.2 Å². The van der Waals surface area contributed by atoms with Crippen molar-refractivity contribution in [3.63, 3.8) is 0 Å². The molecule has 9 heteroatoms. The van der Waals surface area contributed by atoms with Crippen LogP contribution in [0, 0.1) is 23.3 Å². The number of nitrogens with zero attached hydrogens (tertiary/aromatic N) is 2. The van der Waals surface area contributed by atoms with Gasteiger partial charge in [-0.1, -0.05) is 0 Å². The van der Waals surface area contributed by atoms with E-state index in [1.165, 1.54) is 30.7 Å². The molecular weight excluding hydrogens is 414 g/mol. The molecule has 0 atom stereocenters. The summed E-state index contributed by atoms with van der Waals surface area (Å²) in [7, 11) is 0. The normalized spacial score (nSPS) is 10.8. The Labute approximate surface area is 172 Å². The lowest BCUT2D eigenvalue weighted by Gasteiger charge is -2.10. The van der Waals surface area contributed by atoms with Crippen LogP contribution in [0.1, 0.15) is 26.3 Å². The molecule has 0 radical (unpaired) electrons. The topological polar surface area (TPSA) is 72.0 Å². The highest BCUT2D eigenvalue weighted by Crippen LogP contribution is 2.24. The van der Waals surface area contributed by atoms with Crippen molar-refractivity contribution in [1.82, 2.24) is 9.97 Å². The second-order valence-electron chi connectivity index (χ2n) is 6.53. The largest absolute Gasteiger partial charge is 0.322 e. The number of fused-ring (bicyclic) bond motifs is 1. The van der Waals surface area contributed by atoms with Crippen LogP contribution in [-0.2, 0) is 0 Å². The van der Waals surface area contributed by atoms with Gasteiger partial charge in [-0.05, 0) is 42.5 Å². The number of nitrogens with one attached hydrogen (secondary N) is 1. The molecule has 0 aliphatic heterocycles. The minimum Gasteiger partial charge on any atom is -0.322 e. The highest BCUT2D eigenvalue weighted by molar-refractivity contribution is 6.12. The molecule has 1 N–H and O–H groups in total. The van der Waals surface area contributed by atoms with Gasteiger partial charge in [-0.3, -0.25) is 9.59 Å². The average molecular weight is 425 g/mol. The number of ketones is 1. The van der Waals surface area contributed by atoms with Crippen molar-refractivity contribution in [2.75, 3.05) is 5.32 Å². The maximum absolute atomic E-state index is 14.4. The van der Waals surface area contributed by atoms with E-state index >= 15 is 0 Å². The molecule has 1 heterocycles. The first kappa shape index (κ1) is 20.1. The molecule has 5 nitrogen and oxygen atoms in total. The Kier molecular flexibility index (Phi) is 5.16. The predicted molar refractivity (Wildman–Crippen MR) is 104 cm³/mol. The van der Waals surface area contributed by atoms with Gasteiger partial charge in [-0.15, -0.1) is 0 Å². The summed E-state index contributed by atoms with van der Waals surface area (Å²) in [6.45, 7) is 0. The van der Waals surface area contributed by atoms with Gasteiger partial charge in [0.05, 0.1) is 11.1 Å². The monoisotopic (exact) mass is 425 g/mol. The maximum Gasteiger partial charge on any atom is 0.255 e. The van der Waals surface area contributed by atoms with E-state index in [9.17, 15) is 27.2 Å². The van der Waals surface area contributed by atoms with E-state index in [1.54, 1.807) is 0 Å². The van der Waals surface area contributed by atoms with Gasteiger partial charge in [0, 0.05) is 34.5 Å². The van der Waals surface area contributed by atoms with Crippen molar-refractivity contribution in [1.29, 1.82) is 0 Å². The maximum atomic E-state index is 14.4. The van der Waals surface area contributed by atoms with Crippen LogP contribution in [0.3, 0.4) is 0 Å². The lowest BCUT2D eigenvalue weighted by atomic mass is 10.0. The van der Waals surface area contributed by atoms with E-state index in [-0.39, 0.29) is 16.8 Å². The molecule has 0 fully saturated rings. The molecular formula is C22H11F4N3O2. The molecule has 3 aromatic carbocycles. The SMILES string of the molecule is O=C(Nc1cc(F)c(F)c(C(=O)c2ccc3ncncc3c2)c1)c1ccc(F)c(F)c1. The number of rotatable bonds is 4. The molecule has 0 bridgehead atoms. The van der Waals surface area contributed by atoms with Crippen LogP contribution < -0.4 is 5.32 Å². The number of carbonyl (C=O) groups excluding carboxylic acids is 2. The quantitative estimate of drug-likeness (QED) is 0.381. The fourth-order valence-corrected chi connectivity index (χ4v) is 2.95. The number of hydrogen-bond acceptors (Lipinski definition) is 4. The lowest BCUT2D eigenvalue weighted by Crippen LogP contribution is -2.14. The van der Waals surface area contributed by atoms with E-state index in [2.05, 4.69) is 15.3 Å². The van der Waals surface area contributed by atoms with Crippen LogP contribution >= 0.6 is 0 Å². The summed E-state index contributed by atoms with van der Waals surface area (Å²) in [6.07, 6.45) is 2.80. The van der Waals surface area contributed by atoms with Gasteiger partial charge < -0.3 is 5.32 Å². The minimum atomic E-state index is -1.39. The number of hydrogen-bond donors (Lipinski definition) is 1. The first-order valence-corrected chi connectivity index (χ1v) is 8.83. The van der Waals surface area contributed by atoms with E-state index in [1.807, 2.05) is 0 Å². The minimum absolute atomic E-state index is 0.0599. The Hall–Kier alpha value is -4.14. The highest BCUT2D eigenvalue weighted by atomic mass is 19.2. The van der Waals surface area contributed by atoms with Crippen molar-refractivity contribution >= 4 is 28.3 Å². The number of anilines is 1. The average Bonchev–Trinajstić information content (AvgIpc) is 2.77. The molecule has 1 aromatic heterocycles. The van der Waals surface area contributed by atoms with Crippen molar-refractivity contribution < 1.29 is 27.2 Å². The highest BCUT2D eigenvalue weighted by Gasteiger charge is 2.20. The summed E-state index contributed by atoms with van der Waals surface area (Å²) in [5, 5.41) is 2.77. The molecule has 0 spiro atoms. The zero-order valence-electron chi connectivity index (χ0n) is 15.5. The number of benzene rings is 3. The molecule has 0 aliphatic carbocycles. The third kappa shape index (κ3) is 3.97. The smallest absolute Gasteiger partial charge is 0.255 e. The zero-order chi connectivity index (χ0) is 22.1. The Balaban J connectivity index is 1.67. The summed E-state index contributed by atoms with van der Waals surface area (Å²) >= 11 is 0. The molecule has 4 aromatic rings. The van der Waals surface area contributed by atoms with Crippen LogP contribution in [0.2, 0.25) is 0 Å². The molecule has 0 saturated heterocycles. The molecule has 31 heavy (non-hydrogen) atoms. The molecule has 154 valence electrons. The van der Waals surface area contributed by atoms with Gasteiger partial charge in [0.1, 0.15) is 6.33 Å². The molecule has 4 rings (SSSR count). The van der Waals surface area contributed by atoms with Crippen molar-refractivity contribution in [2.24, 2.45) is 0 Å². The summed E-state index contributed by atoms with van der Waals surface area (Å²) in [6, 6.07) is 8.46. The number of carbonyl (C=O) groups is 2. The molecule has 0 aliphatic rings. The standard InChI is InChI=1S/C22H11F4N3O2/c23-16-3-1-12(6-17(16)24)22(31)29-14-7-15(20(26)18(25)8-14)21(30)11-2-4-19-13(5-11)9-27-10-28-19/h1-10H,(H,29,31). The second-order valence-corrected chi connectivity index (χ2v) is 6.53. The number of aromatic nitrogens is 2. The summed E-state index contributed by atoms with van der Waals surface area (Å²) in [5.41, 5.74) is -0.473. The Morgan fingerprint density at radius 1 is 0.806 bits per heavy atom. The zero-order valence-corrected chi connectivity index (χ0v) is 15.5. The molecule has 0 unspecified atom stereocenters. The van der Waals surface area contributed by atoms with Crippen LogP contribution in [-0.4, -0.2) is 21.7 Å². The van der Waals surface area contributed by atoms with Gasteiger partial charge in [0.15, 0.2) is 29.1 Å². The lowest BCUT2D eigenvalue weighted by molar-refractivity contribution is 0.101. The van der Waals surface area contributed by atoms with E-state index < -0.39 is 40.5 Å². The first-order valence-electron chi connectivity index (χ1n) is 8.83. The third-order valence-electron chi connectivity index (χ3n) is 4.48. The van der Waals surface area contributed by atoms with Gasteiger partial charge in [0.2, 0.25) is 0 Å². The van der Waals surface area contributed by atoms with E-state index in [4.69, 9.17) is 0 Å². The Morgan fingerprint density at radius 2 is 1.58 bits per heavy atom. The molecule has 0 saturated carbocycles. The fourth-order valence-electron chi connectivity index (χ4n) is 2.95. The van der Waals surface area contributed by atoms with Gasteiger partial charge in [-0.25, -0.2) is 27.5 Å². The van der Waals surface area contributed by atoms with Crippen LogP contribution in [0.4, 0.5) is 23.2 Å². The van der Waals surface area contributed by atoms with Crippen LogP contribution in [0.25, 0.3) is 10.9 Å². The Bertz CT molecular complexity index is 1360. The summed E-state index contributed by atoms with van der Waals surface area (Å²) < 4.78 is 54.9. The Morgan fingerprint density at radius 3 is 2.35 bits per heavy atom. The van der Waals surface area contributed by atoms with Crippen LogP contribution in [0.15, 0.2) is 61.1 Å².